The van der Waals surface area contributed by atoms with Crippen molar-refractivity contribution >= 4 is 46.0 Å². The molecule has 1 amide bonds. The summed E-state index contributed by atoms with van der Waals surface area (Å²) in [4.78, 5) is 26.6. The Bertz CT molecular complexity index is 1180. The third-order valence-electron chi connectivity index (χ3n) is 5.72. The van der Waals surface area contributed by atoms with Gasteiger partial charge in [0.25, 0.3) is 5.91 Å². The summed E-state index contributed by atoms with van der Waals surface area (Å²) < 4.78 is 0. The summed E-state index contributed by atoms with van der Waals surface area (Å²) in [5.74, 6) is 0.266. The molecule has 0 aliphatic carbocycles. The van der Waals surface area contributed by atoms with E-state index < -0.39 is 0 Å². The number of nitrogens with zero attached hydrogens (tertiary/aromatic N) is 7. The number of carbonyl (C=O) groups excluding carboxylic acids is 1. The van der Waals surface area contributed by atoms with Crippen molar-refractivity contribution in [2.45, 2.75) is 6.42 Å². The second kappa shape index (κ2) is 9.13. The Morgan fingerprint density at radius 3 is 2.33 bits per heavy atom. The van der Waals surface area contributed by atoms with E-state index in [1.807, 2.05) is 12.1 Å². The van der Waals surface area contributed by atoms with Gasteiger partial charge in [-0.25, -0.2) is 4.98 Å². The molecule has 3 heterocycles. The lowest BCUT2D eigenvalue weighted by Gasteiger charge is -2.34. The van der Waals surface area contributed by atoms with E-state index in [4.69, 9.17) is 16.6 Å². The summed E-state index contributed by atoms with van der Waals surface area (Å²) in [6.45, 7) is 4.10. The summed E-state index contributed by atoms with van der Waals surface area (Å²) in [7, 11) is 2.14. The molecule has 1 fully saturated rings. The Balaban J connectivity index is 1.44. The maximum Gasteiger partial charge on any atom is 0.253 e. The number of rotatable bonds is 4. The van der Waals surface area contributed by atoms with Gasteiger partial charge in [-0.1, -0.05) is 11.6 Å². The molecule has 2 aromatic carbocycles. The maximum atomic E-state index is 12.9. The molecule has 2 aliphatic heterocycles. The van der Waals surface area contributed by atoms with Crippen LogP contribution in [-0.4, -0.2) is 70.6 Å². The van der Waals surface area contributed by atoms with Crippen LogP contribution in [0, 0.1) is 0 Å². The Labute approximate surface area is 196 Å². The number of aromatic amines is 1. The van der Waals surface area contributed by atoms with Gasteiger partial charge in [-0.2, -0.15) is 15.2 Å². The Morgan fingerprint density at radius 2 is 1.67 bits per heavy atom. The fourth-order valence-corrected chi connectivity index (χ4v) is 3.98. The summed E-state index contributed by atoms with van der Waals surface area (Å²) in [6, 6.07) is 15.0. The van der Waals surface area contributed by atoms with Crippen molar-refractivity contribution in [3.05, 3.63) is 65.7 Å². The third kappa shape index (κ3) is 4.64. The summed E-state index contributed by atoms with van der Waals surface area (Å²) >= 11 is 5.99. The van der Waals surface area contributed by atoms with Crippen molar-refractivity contribution in [1.82, 2.24) is 20.1 Å². The number of anilines is 2. The van der Waals surface area contributed by atoms with Gasteiger partial charge < -0.3 is 9.80 Å². The predicted octanol–water partition coefficient (Wildman–Crippen LogP) is 3.12. The number of carbonyl (C=O) groups is 1. The second-order valence-electron chi connectivity index (χ2n) is 8.01. The first kappa shape index (κ1) is 21.3. The number of aliphatic imine (C=N–C) groups is 1. The first-order valence-electron chi connectivity index (χ1n) is 10.7. The number of piperazine rings is 1. The largest absolute Gasteiger partial charge is 0.369 e. The van der Waals surface area contributed by atoms with Crippen molar-refractivity contribution < 1.29 is 4.79 Å². The molecular weight excluding hydrogens is 440 g/mol. The van der Waals surface area contributed by atoms with Gasteiger partial charge in [0.05, 0.1) is 23.5 Å². The van der Waals surface area contributed by atoms with Gasteiger partial charge in [0.15, 0.2) is 11.5 Å². The molecule has 2 aliphatic rings. The van der Waals surface area contributed by atoms with Crippen LogP contribution in [0.2, 0.25) is 5.02 Å². The fourth-order valence-electron chi connectivity index (χ4n) is 3.85. The van der Waals surface area contributed by atoms with E-state index in [9.17, 15) is 4.79 Å². The molecule has 0 atom stereocenters. The number of aromatic nitrogens is 3. The van der Waals surface area contributed by atoms with Gasteiger partial charge >= 0.3 is 0 Å². The minimum absolute atomic E-state index is 0.0857. The fraction of sp³-hybridized carbons (Fsp3) is 0.261. The zero-order valence-corrected chi connectivity index (χ0v) is 18.9. The highest BCUT2D eigenvalue weighted by Gasteiger charge is 2.29. The molecular formula is C23H23ClN8O. The lowest BCUT2D eigenvalue weighted by Crippen LogP contribution is -2.44. The van der Waals surface area contributed by atoms with E-state index in [1.165, 1.54) is 17.0 Å². The van der Waals surface area contributed by atoms with Gasteiger partial charge in [0.2, 0.25) is 0 Å². The van der Waals surface area contributed by atoms with Gasteiger partial charge in [-0.15, -0.1) is 0 Å². The topological polar surface area (TPSA) is 93.1 Å². The molecule has 0 spiro atoms. The predicted molar refractivity (Wildman–Crippen MR) is 130 cm³/mol. The second-order valence-corrected chi connectivity index (χ2v) is 8.44. The summed E-state index contributed by atoms with van der Waals surface area (Å²) in [5.41, 5.74) is 3.56. The minimum atomic E-state index is -0.187. The molecule has 1 N–H and O–H groups in total. The van der Waals surface area contributed by atoms with Gasteiger partial charge in [0, 0.05) is 36.9 Å². The monoisotopic (exact) mass is 462 g/mol. The average molecular weight is 463 g/mol. The van der Waals surface area contributed by atoms with Crippen molar-refractivity contribution in [2.24, 2.45) is 10.1 Å². The van der Waals surface area contributed by atoms with Crippen LogP contribution < -0.4 is 9.91 Å². The van der Waals surface area contributed by atoms with Crippen molar-refractivity contribution in [3.8, 4) is 0 Å². The zero-order chi connectivity index (χ0) is 22.8. The Morgan fingerprint density at radius 1 is 0.970 bits per heavy atom. The molecule has 5 rings (SSSR count). The molecule has 0 bridgehead atoms. The number of nitrogens with one attached hydrogen (secondary N) is 1. The molecule has 33 heavy (non-hydrogen) atoms. The van der Waals surface area contributed by atoms with Crippen LogP contribution in [0.3, 0.4) is 0 Å². The van der Waals surface area contributed by atoms with E-state index in [1.54, 1.807) is 24.3 Å². The number of hydrazone groups is 1. The lowest BCUT2D eigenvalue weighted by atomic mass is 10.1. The number of H-pyrrole nitrogens is 1. The summed E-state index contributed by atoms with van der Waals surface area (Å²) in [5, 5.41) is 13.3. The van der Waals surface area contributed by atoms with E-state index in [-0.39, 0.29) is 12.3 Å². The molecule has 0 radical (unpaired) electrons. The molecule has 10 heteroatoms. The van der Waals surface area contributed by atoms with Gasteiger partial charge in [-0.05, 0) is 55.6 Å². The van der Waals surface area contributed by atoms with Crippen molar-refractivity contribution in [2.75, 3.05) is 43.1 Å². The van der Waals surface area contributed by atoms with Crippen LogP contribution in [-0.2, 0) is 4.79 Å². The van der Waals surface area contributed by atoms with Crippen LogP contribution in [0.25, 0.3) is 0 Å². The van der Waals surface area contributed by atoms with E-state index in [0.29, 0.717) is 28.0 Å². The van der Waals surface area contributed by atoms with Gasteiger partial charge in [-0.3, -0.25) is 14.9 Å². The van der Waals surface area contributed by atoms with E-state index >= 15 is 0 Å². The van der Waals surface area contributed by atoms with Crippen LogP contribution in [0.5, 0.6) is 0 Å². The molecule has 1 aromatic heterocycles. The van der Waals surface area contributed by atoms with Gasteiger partial charge in [0.1, 0.15) is 6.33 Å². The number of hydrogen-bond acceptors (Lipinski definition) is 7. The first-order chi connectivity index (χ1) is 16.1. The lowest BCUT2D eigenvalue weighted by molar-refractivity contribution is -0.117. The minimum Gasteiger partial charge on any atom is -0.369 e. The van der Waals surface area contributed by atoms with Crippen LogP contribution in [0.15, 0.2) is 65.0 Å². The number of amides is 1. The van der Waals surface area contributed by atoms with Crippen LogP contribution in [0.1, 0.15) is 12.2 Å². The Kier molecular flexibility index (Phi) is 5.89. The van der Waals surface area contributed by atoms with Crippen LogP contribution >= 0.6 is 11.6 Å². The molecule has 9 nitrogen and oxygen atoms in total. The maximum absolute atomic E-state index is 12.9. The smallest absolute Gasteiger partial charge is 0.253 e. The molecule has 0 unspecified atom stereocenters. The quantitative estimate of drug-likeness (QED) is 0.643. The highest BCUT2D eigenvalue weighted by molar-refractivity contribution is 6.52. The molecule has 0 saturated carbocycles. The average Bonchev–Trinajstić information content (AvgIpc) is 3.36. The Hall–Kier alpha value is -3.56. The summed E-state index contributed by atoms with van der Waals surface area (Å²) in [6.07, 6.45) is 1.49. The first-order valence-corrected chi connectivity index (χ1v) is 11.1. The normalized spacial score (nSPS) is 18.7. The van der Waals surface area contributed by atoms with E-state index in [0.717, 1.165) is 31.9 Å². The number of benzene rings is 2. The standard InChI is InChI=1S/C23H23ClN8O/c1-30-10-12-31(13-11-30)18-8-4-17(5-9-18)27-20-14-21(33)32(19-6-2-16(24)3-7-19)29-22(20)23-25-15-26-28-23/h2-9,15H,10-14H2,1H3,(H,25,26,28). The molecule has 1 saturated heterocycles. The van der Waals surface area contributed by atoms with Crippen molar-refractivity contribution in [3.63, 3.8) is 0 Å². The third-order valence-corrected chi connectivity index (χ3v) is 5.97. The van der Waals surface area contributed by atoms with E-state index in [2.05, 4.69) is 49.3 Å². The molecule has 168 valence electrons. The zero-order valence-electron chi connectivity index (χ0n) is 18.1. The molecule has 3 aromatic rings. The SMILES string of the molecule is CN1CCN(c2ccc(N=C3CC(=O)N(c4ccc(Cl)cc4)N=C3c3ncn[nH]3)cc2)CC1. The number of hydrogen-bond donors (Lipinski definition) is 1. The van der Waals surface area contributed by atoms with Crippen LogP contribution in [0.4, 0.5) is 17.1 Å². The number of likely N-dealkylation sites (N-methyl/N-ethyl adjacent to an activating group) is 1. The highest BCUT2D eigenvalue weighted by Crippen LogP contribution is 2.25. The number of halogens is 1. The van der Waals surface area contributed by atoms with Crippen molar-refractivity contribution in [1.29, 1.82) is 0 Å². The highest BCUT2D eigenvalue weighted by atomic mass is 35.5.